The first-order valence-corrected chi connectivity index (χ1v) is 5.17. The van der Waals surface area contributed by atoms with Gasteiger partial charge in [0.25, 0.3) is 0 Å². The van der Waals surface area contributed by atoms with Crippen LogP contribution in [0.4, 0.5) is 0 Å². The van der Waals surface area contributed by atoms with E-state index in [4.69, 9.17) is 0 Å². The molecule has 0 bridgehead atoms. The van der Waals surface area contributed by atoms with Gasteiger partial charge in [0.2, 0.25) is 0 Å². The predicted octanol–water partition coefficient (Wildman–Crippen LogP) is 0.146. The van der Waals surface area contributed by atoms with Crippen molar-refractivity contribution >= 4 is 19.5 Å². The van der Waals surface area contributed by atoms with Crippen molar-refractivity contribution in [1.82, 2.24) is 0 Å². The van der Waals surface area contributed by atoms with E-state index in [1.807, 2.05) is 0 Å². The van der Waals surface area contributed by atoms with E-state index >= 15 is 0 Å². The quantitative estimate of drug-likeness (QED) is 0.382. The molecule has 0 aliphatic heterocycles. The van der Waals surface area contributed by atoms with Gasteiger partial charge in [0.05, 0.1) is 7.11 Å². The van der Waals surface area contributed by atoms with E-state index in [0.717, 1.165) is 21.3 Å². The summed E-state index contributed by atoms with van der Waals surface area (Å²) in [5, 5.41) is 0. The molecule has 0 aromatic carbocycles. The van der Waals surface area contributed by atoms with Crippen LogP contribution in [0, 0.1) is 0 Å². The van der Waals surface area contributed by atoms with Gasteiger partial charge >= 0.3 is 19.5 Å². The average Bonchev–Trinajstić information content (AvgIpc) is 2.24. The van der Waals surface area contributed by atoms with E-state index < -0.39 is 25.9 Å². The average molecular weight is 226 g/mol. The second-order valence-electron chi connectivity index (χ2n) is 2.03. The zero-order chi connectivity index (χ0) is 11.2. The van der Waals surface area contributed by atoms with Gasteiger partial charge in [0, 0.05) is 14.2 Å². The Hall–Kier alpha value is -0.910. The fraction of sp³-hybridized carbons (Fsp3) is 0.667. The molecule has 0 heterocycles. The second kappa shape index (κ2) is 5.74. The number of ether oxygens (including phenoxy) is 2. The molecule has 0 rings (SSSR count). The SMILES string of the molecule is COC(=O)C(=O)OCP(=O)(OC)OC. The Morgan fingerprint density at radius 2 is 1.57 bits per heavy atom. The van der Waals surface area contributed by atoms with Crippen LogP contribution >= 0.6 is 7.60 Å². The third kappa shape index (κ3) is 3.87. The molecule has 0 amide bonds. The summed E-state index contributed by atoms with van der Waals surface area (Å²) in [6.07, 6.45) is -0.631. The van der Waals surface area contributed by atoms with Crippen LogP contribution in [0.5, 0.6) is 0 Å². The van der Waals surface area contributed by atoms with Gasteiger partial charge < -0.3 is 18.5 Å². The van der Waals surface area contributed by atoms with Gasteiger partial charge in [-0.3, -0.25) is 4.57 Å². The summed E-state index contributed by atoms with van der Waals surface area (Å²) in [7, 11) is -0.142. The lowest BCUT2D eigenvalue weighted by atomic mass is 10.7. The normalized spacial score (nSPS) is 10.8. The highest BCUT2D eigenvalue weighted by Crippen LogP contribution is 2.45. The number of carbonyl (C=O) groups excluding carboxylic acids is 2. The highest BCUT2D eigenvalue weighted by molar-refractivity contribution is 7.53. The molecular formula is C6H11O7P. The van der Waals surface area contributed by atoms with Gasteiger partial charge in [-0.1, -0.05) is 0 Å². The molecule has 0 aliphatic carbocycles. The van der Waals surface area contributed by atoms with Crippen LogP contribution in [0.1, 0.15) is 0 Å². The summed E-state index contributed by atoms with van der Waals surface area (Å²) in [6, 6.07) is 0. The largest absolute Gasteiger partial charge is 0.461 e. The van der Waals surface area contributed by atoms with Crippen LogP contribution in [-0.4, -0.2) is 39.6 Å². The highest BCUT2D eigenvalue weighted by Gasteiger charge is 2.26. The van der Waals surface area contributed by atoms with Crippen molar-refractivity contribution in [2.75, 3.05) is 27.7 Å². The van der Waals surface area contributed by atoms with Gasteiger partial charge in [-0.2, -0.15) is 0 Å². The number of carbonyl (C=O) groups is 2. The maximum absolute atomic E-state index is 11.3. The van der Waals surface area contributed by atoms with Crippen LogP contribution in [0.2, 0.25) is 0 Å². The summed E-state index contributed by atoms with van der Waals surface area (Å²) in [5.74, 6) is -2.43. The predicted molar refractivity (Wildman–Crippen MR) is 44.6 cm³/mol. The zero-order valence-electron chi connectivity index (χ0n) is 8.01. The number of rotatable bonds is 4. The van der Waals surface area contributed by atoms with Gasteiger partial charge in [0.1, 0.15) is 0 Å². The Bertz CT molecular complexity index is 253. The Balaban J connectivity index is 4.11. The molecule has 0 aromatic heterocycles. The molecule has 0 atom stereocenters. The topological polar surface area (TPSA) is 88.1 Å². The van der Waals surface area contributed by atoms with E-state index in [9.17, 15) is 14.2 Å². The molecule has 0 aliphatic rings. The first-order valence-electron chi connectivity index (χ1n) is 3.44. The Morgan fingerprint density at radius 3 is 1.93 bits per heavy atom. The first-order chi connectivity index (χ1) is 6.49. The van der Waals surface area contributed by atoms with Crippen LogP contribution in [0.25, 0.3) is 0 Å². The van der Waals surface area contributed by atoms with Gasteiger partial charge in [-0.15, -0.1) is 0 Å². The Kier molecular flexibility index (Phi) is 5.37. The van der Waals surface area contributed by atoms with E-state index in [0.29, 0.717) is 0 Å². The van der Waals surface area contributed by atoms with Crippen molar-refractivity contribution in [2.24, 2.45) is 0 Å². The van der Waals surface area contributed by atoms with Crippen LogP contribution in [0.3, 0.4) is 0 Å². The van der Waals surface area contributed by atoms with Crippen molar-refractivity contribution in [3.05, 3.63) is 0 Å². The molecule has 0 fully saturated rings. The third-order valence-electron chi connectivity index (χ3n) is 1.26. The molecule has 0 aromatic rings. The lowest BCUT2D eigenvalue weighted by molar-refractivity contribution is -0.164. The minimum atomic E-state index is -3.44. The minimum Gasteiger partial charge on any atom is -0.461 e. The molecule has 0 saturated carbocycles. The fourth-order valence-corrected chi connectivity index (χ4v) is 1.10. The van der Waals surface area contributed by atoms with E-state index in [1.54, 1.807) is 0 Å². The summed E-state index contributed by atoms with van der Waals surface area (Å²) in [5.41, 5.74) is 0. The highest BCUT2D eigenvalue weighted by atomic mass is 31.2. The van der Waals surface area contributed by atoms with Gasteiger partial charge in [0.15, 0.2) is 6.35 Å². The van der Waals surface area contributed by atoms with E-state index in [2.05, 4.69) is 18.5 Å². The fourth-order valence-electron chi connectivity index (χ4n) is 0.460. The first kappa shape index (κ1) is 13.1. The molecule has 0 unspecified atom stereocenters. The Morgan fingerprint density at radius 1 is 1.07 bits per heavy atom. The molecular weight excluding hydrogens is 215 g/mol. The lowest BCUT2D eigenvalue weighted by Gasteiger charge is -2.12. The molecule has 14 heavy (non-hydrogen) atoms. The van der Waals surface area contributed by atoms with Crippen molar-refractivity contribution in [1.29, 1.82) is 0 Å². The summed E-state index contributed by atoms with van der Waals surface area (Å²) < 4.78 is 28.6. The standard InChI is InChI=1S/C6H11O7P/c1-10-5(7)6(8)13-4-14(9,11-2)12-3/h4H2,1-3H3. The summed E-state index contributed by atoms with van der Waals surface area (Å²) in [4.78, 5) is 21.3. The van der Waals surface area contributed by atoms with Crippen molar-refractivity contribution in [2.45, 2.75) is 0 Å². The number of hydrogen-bond acceptors (Lipinski definition) is 7. The van der Waals surface area contributed by atoms with Crippen molar-refractivity contribution in [3.8, 4) is 0 Å². The zero-order valence-corrected chi connectivity index (χ0v) is 8.91. The smallest absolute Gasteiger partial charge is 0.418 e. The minimum absolute atomic E-state index is 0.631. The molecule has 7 nitrogen and oxygen atoms in total. The second-order valence-corrected chi connectivity index (χ2v) is 4.24. The lowest BCUT2D eigenvalue weighted by Crippen LogP contribution is -2.19. The Labute approximate surface area is 80.8 Å². The summed E-state index contributed by atoms with van der Waals surface area (Å²) in [6.45, 7) is 0. The molecule has 0 saturated heterocycles. The van der Waals surface area contributed by atoms with Gasteiger partial charge in [-0.25, -0.2) is 9.59 Å². The number of esters is 2. The molecule has 8 heteroatoms. The van der Waals surface area contributed by atoms with Crippen LogP contribution in [0.15, 0.2) is 0 Å². The molecule has 0 N–H and O–H groups in total. The van der Waals surface area contributed by atoms with Crippen LogP contribution < -0.4 is 0 Å². The summed E-state index contributed by atoms with van der Waals surface area (Å²) >= 11 is 0. The van der Waals surface area contributed by atoms with Crippen molar-refractivity contribution < 1.29 is 32.7 Å². The molecule has 82 valence electrons. The van der Waals surface area contributed by atoms with Crippen molar-refractivity contribution in [3.63, 3.8) is 0 Å². The van der Waals surface area contributed by atoms with E-state index in [-0.39, 0.29) is 0 Å². The van der Waals surface area contributed by atoms with E-state index in [1.165, 1.54) is 0 Å². The number of methoxy groups -OCH3 is 1. The number of hydrogen-bond donors (Lipinski definition) is 0. The third-order valence-corrected chi connectivity index (χ3v) is 2.82. The molecule has 0 radical (unpaired) electrons. The molecule has 0 spiro atoms. The monoisotopic (exact) mass is 226 g/mol. The van der Waals surface area contributed by atoms with Gasteiger partial charge in [-0.05, 0) is 0 Å². The van der Waals surface area contributed by atoms with Crippen LogP contribution in [-0.2, 0) is 32.7 Å². The maximum atomic E-state index is 11.3. The maximum Gasteiger partial charge on any atom is 0.418 e.